The van der Waals surface area contributed by atoms with Crippen LogP contribution in [-0.4, -0.2) is 17.6 Å². The Balaban J connectivity index is 2.11. The highest BCUT2D eigenvalue weighted by Gasteiger charge is 2.18. The molecule has 1 aromatic rings. The minimum atomic E-state index is 0.0721. The molecule has 0 radical (unpaired) electrons. The predicted molar refractivity (Wildman–Crippen MR) is 72.1 cm³/mol. The van der Waals surface area contributed by atoms with Gasteiger partial charge in [-0.25, -0.2) is 0 Å². The van der Waals surface area contributed by atoms with Gasteiger partial charge in [-0.1, -0.05) is 6.92 Å². The molecule has 1 unspecified atom stereocenters. The average Bonchev–Trinajstić information content (AvgIpc) is 2.39. The number of aromatic nitrogens is 1. The molecule has 94 valence electrons. The van der Waals surface area contributed by atoms with Gasteiger partial charge in [0.1, 0.15) is 0 Å². The molecule has 3 nitrogen and oxygen atoms in total. The molecule has 0 spiro atoms. The fourth-order valence-corrected chi connectivity index (χ4v) is 2.48. The topological polar surface area (TPSA) is 42.1 Å². The number of hydrogen-bond donors (Lipinski definition) is 1. The van der Waals surface area contributed by atoms with Gasteiger partial charge < -0.3 is 10.6 Å². The SMILES string of the molecule is CC[C@H](N)c1ccc(N2CCCCC2C)cn1. The van der Waals surface area contributed by atoms with E-state index >= 15 is 0 Å². The van der Waals surface area contributed by atoms with Crippen molar-refractivity contribution in [3.8, 4) is 0 Å². The first kappa shape index (κ1) is 12.4. The third-order valence-electron chi connectivity index (χ3n) is 3.73. The van der Waals surface area contributed by atoms with Crippen LogP contribution in [0.3, 0.4) is 0 Å². The number of nitrogens with zero attached hydrogens (tertiary/aromatic N) is 2. The molecule has 3 heteroatoms. The van der Waals surface area contributed by atoms with Crippen LogP contribution in [0.4, 0.5) is 5.69 Å². The van der Waals surface area contributed by atoms with Crippen molar-refractivity contribution >= 4 is 5.69 Å². The molecule has 1 fully saturated rings. The fraction of sp³-hybridized carbons (Fsp3) is 0.643. The monoisotopic (exact) mass is 233 g/mol. The van der Waals surface area contributed by atoms with E-state index < -0.39 is 0 Å². The van der Waals surface area contributed by atoms with Gasteiger partial charge in [0, 0.05) is 18.6 Å². The van der Waals surface area contributed by atoms with Gasteiger partial charge in [0.25, 0.3) is 0 Å². The van der Waals surface area contributed by atoms with E-state index in [1.165, 1.54) is 24.9 Å². The summed E-state index contributed by atoms with van der Waals surface area (Å²) in [6.45, 7) is 5.54. The Bertz CT molecular complexity index is 347. The van der Waals surface area contributed by atoms with E-state index in [1.807, 2.05) is 6.20 Å². The van der Waals surface area contributed by atoms with Crippen LogP contribution < -0.4 is 10.6 Å². The van der Waals surface area contributed by atoms with Crippen molar-refractivity contribution in [3.05, 3.63) is 24.0 Å². The van der Waals surface area contributed by atoms with E-state index in [9.17, 15) is 0 Å². The molecule has 1 saturated heterocycles. The maximum absolute atomic E-state index is 5.97. The van der Waals surface area contributed by atoms with Crippen LogP contribution in [0.25, 0.3) is 0 Å². The number of pyridine rings is 1. The normalized spacial score (nSPS) is 22.5. The highest BCUT2D eigenvalue weighted by atomic mass is 15.2. The Morgan fingerprint density at radius 3 is 2.88 bits per heavy atom. The van der Waals surface area contributed by atoms with E-state index in [4.69, 9.17) is 5.73 Å². The van der Waals surface area contributed by atoms with Gasteiger partial charge in [0.2, 0.25) is 0 Å². The highest BCUT2D eigenvalue weighted by Crippen LogP contribution is 2.24. The summed E-state index contributed by atoms with van der Waals surface area (Å²) >= 11 is 0. The minimum absolute atomic E-state index is 0.0721. The highest BCUT2D eigenvalue weighted by molar-refractivity contribution is 5.46. The first-order chi connectivity index (χ1) is 8.22. The van der Waals surface area contributed by atoms with Gasteiger partial charge >= 0.3 is 0 Å². The number of rotatable bonds is 3. The second kappa shape index (κ2) is 5.50. The van der Waals surface area contributed by atoms with E-state index in [2.05, 4.69) is 35.9 Å². The lowest BCUT2D eigenvalue weighted by atomic mass is 10.0. The summed E-state index contributed by atoms with van der Waals surface area (Å²) in [7, 11) is 0. The van der Waals surface area contributed by atoms with Crippen LogP contribution in [-0.2, 0) is 0 Å². The molecule has 2 heterocycles. The standard InChI is InChI=1S/C14H23N3/c1-3-13(15)14-8-7-12(10-16-14)17-9-5-4-6-11(17)2/h7-8,10-11,13H,3-6,9,15H2,1-2H3/t11?,13-/m0/s1. The minimum Gasteiger partial charge on any atom is -0.368 e. The van der Waals surface area contributed by atoms with E-state index in [1.54, 1.807) is 0 Å². The zero-order valence-electron chi connectivity index (χ0n) is 10.9. The van der Waals surface area contributed by atoms with Gasteiger partial charge in [0.05, 0.1) is 17.6 Å². The van der Waals surface area contributed by atoms with Crippen LogP contribution in [0.5, 0.6) is 0 Å². The molecule has 0 aliphatic carbocycles. The Morgan fingerprint density at radius 2 is 2.29 bits per heavy atom. The first-order valence-electron chi connectivity index (χ1n) is 6.70. The number of nitrogens with two attached hydrogens (primary N) is 1. The van der Waals surface area contributed by atoms with E-state index in [0.717, 1.165) is 18.7 Å². The van der Waals surface area contributed by atoms with Crippen LogP contribution in [0, 0.1) is 0 Å². The van der Waals surface area contributed by atoms with E-state index in [-0.39, 0.29) is 6.04 Å². The lowest BCUT2D eigenvalue weighted by Gasteiger charge is -2.35. The zero-order chi connectivity index (χ0) is 12.3. The summed E-state index contributed by atoms with van der Waals surface area (Å²) in [5, 5.41) is 0. The molecule has 2 rings (SSSR count). The number of anilines is 1. The Morgan fingerprint density at radius 1 is 1.47 bits per heavy atom. The van der Waals surface area contributed by atoms with Gasteiger partial charge in [-0.05, 0) is 44.7 Å². The Labute approximate surface area is 104 Å². The predicted octanol–water partition coefficient (Wildman–Crippen LogP) is 2.87. The zero-order valence-corrected chi connectivity index (χ0v) is 10.9. The van der Waals surface area contributed by atoms with Crippen LogP contribution >= 0.6 is 0 Å². The summed E-state index contributed by atoms with van der Waals surface area (Å²) in [5.74, 6) is 0. The van der Waals surface area contributed by atoms with Gasteiger partial charge in [-0.15, -0.1) is 0 Å². The van der Waals surface area contributed by atoms with Crippen LogP contribution in [0.1, 0.15) is 51.3 Å². The summed E-state index contributed by atoms with van der Waals surface area (Å²) in [6, 6.07) is 4.95. The van der Waals surface area contributed by atoms with Crippen LogP contribution in [0.15, 0.2) is 18.3 Å². The lowest BCUT2D eigenvalue weighted by molar-refractivity contribution is 0.484. The first-order valence-corrected chi connectivity index (χ1v) is 6.70. The van der Waals surface area contributed by atoms with Crippen molar-refractivity contribution < 1.29 is 0 Å². The number of hydrogen-bond acceptors (Lipinski definition) is 3. The average molecular weight is 233 g/mol. The molecule has 1 aliphatic rings. The number of piperidine rings is 1. The molecule has 2 atom stereocenters. The van der Waals surface area contributed by atoms with Crippen molar-refractivity contribution in [1.82, 2.24) is 4.98 Å². The molecule has 1 aliphatic heterocycles. The van der Waals surface area contributed by atoms with Crippen molar-refractivity contribution in [2.24, 2.45) is 5.73 Å². The Hall–Kier alpha value is -1.09. The smallest absolute Gasteiger partial charge is 0.0572 e. The molecule has 17 heavy (non-hydrogen) atoms. The van der Waals surface area contributed by atoms with Crippen molar-refractivity contribution in [1.29, 1.82) is 0 Å². The van der Waals surface area contributed by atoms with Crippen LogP contribution in [0.2, 0.25) is 0 Å². The molecular weight excluding hydrogens is 210 g/mol. The summed E-state index contributed by atoms with van der Waals surface area (Å²) < 4.78 is 0. The van der Waals surface area contributed by atoms with Crippen molar-refractivity contribution in [2.75, 3.05) is 11.4 Å². The summed E-state index contributed by atoms with van der Waals surface area (Å²) in [4.78, 5) is 6.95. The Kier molecular flexibility index (Phi) is 4.00. The van der Waals surface area contributed by atoms with Crippen molar-refractivity contribution in [2.45, 2.75) is 51.6 Å². The van der Waals surface area contributed by atoms with Crippen molar-refractivity contribution in [3.63, 3.8) is 0 Å². The molecule has 0 bridgehead atoms. The molecule has 0 aromatic carbocycles. The fourth-order valence-electron chi connectivity index (χ4n) is 2.48. The summed E-state index contributed by atoms with van der Waals surface area (Å²) in [6.07, 6.45) is 6.85. The van der Waals surface area contributed by atoms with E-state index in [0.29, 0.717) is 6.04 Å². The summed E-state index contributed by atoms with van der Waals surface area (Å²) in [5.41, 5.74) is 8.21. The molecule has 0 amide bonds. The second-order valence-corrected chi connectivity index (χ2v) is 4.99. The quantitative estimate of drug-likeness (QED) is 0.873. The molecular formula is C14H23N3. The largest absolute Gasteiger partial charge is 0.368 e. The molecule has 1 aromatic heterocycles. The lowest BCUT2D eigenvalue weighted by Crippen LogP contribution is -2.37. The molecule has 0 saturated carbocycles. The maximum Gasteiger partial charge on any atom is 0.0572 e. The van der Waals surface area contributed by atoms with Gasteiger partial charge in [0.15, 0.2) is 0 Å². The third kappa shape index (κ3) is 2.78. The molecule has 2 N–H and O–H groups in total. The van der Waals surface area contributed by atoms with Gasteiger partial charge in [-0.2, -0.15) is 0 Å². The van der Waals surface area contributed by atoms with Gasteiger partial charge in [-0.3, -0.25) is 4.98 Å². The third-order valence-corrected chi connectivity index (χ3v) is 3.73. The maximum atomic E-state index is 5.97. The second-order valence-electron chi connectivity index (χ2n) is 4.99.